The molecule has 0 spiro atoms. The van der Waals surface area contributed by atoms with Gasteiger partial charge >= 0.3 is 0 Å². The molecule has 0 radical (unpaired) electrons. The number of aromatic nitrogens is 1. The van der Waals surface area contributed by atoms with Gasteiger partial charge in [-0.3, -0.25) is 0 Å². The maximum absolute atomic E-state index is 13.4. The molecule has 0 aliphatic heterocycles. The summed E-state index contributed by atoms with van der Waals surface area (Å²) < 4.78 is 28.2. The zero-order valence-corrected chi connectivity index (χ0v) is 17.1. The Bertz CT molecular complexity index is 1200. The first-order valence-corrected chi connectivity index (χ1v) is 10.9. The van der Waals surface area contributed by atoms with Crippen LogP contribution in [0.1, 0.15) is 29.7 Å². The fraction of sp³-hybridized carbons (Fsp3) is 0.217. The van der Waals surface area contributed by atoms with Crippen molar-refractivity contribution in [2.24, 2.45) is 5.92 Å². The molecule has 0 saturated heterocycles. The van der Waals surface area contributed by atoms with Gasteiger partial charge in [-0.1, -0.05) is 49.4 Å². The molecule has 0 fully saturated rings. The van der Waals surface area contributed by atoms with Crippen LogP contribution >= 0.6 is 0 Å². The molecule has 2 atom stereocenters. The Morgan fingerprint density at radius 2 is 1.76 bits per heavy atom. The zero-order chi connectivity index (χ0) is 20.6. The topological polar surface area (TPSA) is 74.1 Å². The highest BCUT2D eigenvalue weighted by Crippen LogP contribution is 2.41. The number of nitriles is 1. The second-order valence-electron chi connectivity index (χ2n) is 7.40. The van der Waals surface area contributed by atoms with Crippen molar-refractivity contribution >= 4 is 10.0 Å². The van der Waals surface area contributed by atoms with Gasteiger partial charge in [0.25, 0.3) is 10.0 Å². The van der Waals surface area contributed by atoms with Crippen LogP contribution in [-0.2, 0) is 16.4 Å². The molecule has 0 amide bonds. The molecule has 1 aromatic heterocycles. The molecule has 6 heteroatoms. The summed E-state index contributed by atoms with van der Waals surface area (Å²) in [5.74, 6) is 0.189. The second-order valence-corrected chi connectivity index (χ2v) is 9.34. The van der Waals surface area contributed by atoms with Crippen LogP contribution in [0.25, 0.3) is 11.3 Å². The second kappa shape index (κ2) is 7.43. The van der Waals surface area contributed by atoms with E-state index in [-0.39, 0.29) is 17.0 Å². The normalized spacial score (nSPS) is 18.4. The third kappa shape index (κ3) is 3.44. The first-order chi connectivity index (χ1) is 13.9. The lowest BCUT2D eigenvalue weighted by molar-refractivity contribution is 0.305. The Labute approximate surface area is 171 Å². The number of hydrogen-bond donors (Lipinski definition) is 0. The van der Waals surface area contributed by atoms with E-state index in [1.54, 1.807) is 43.4 Å². The van der Waals surface area contributed by atoms with Crippen LogP contribution in [0.2, 0.25) is 0 Å². The van der Waals surface area contributed by atoms with Crippen molar-refractivity contribution in [2.45, 2.75) is 24.4 Å². The van der Waals surface area contributed by atoms with E-state index in [0.717, 1.165) is 17.5 Å². The number of fused-ring (bicyclic) bond motifs is 1. The molecule has 0 N–H and O–H groups in total. The average molecular weight is 404 g/mol. The molecule has 0 unspecified atom stereocenters. The predicted octanol–water partition coefficient (Wildman–Crippen LogP) is 4.17. The summed E-state index contributed by atoms with van der Waals surface area (Å²) in [6, 6.07) is 21.8. The van der Waals surface area contributed by atoms with Crippen molar-refractivity contribution < 1.29 is 8.42 Å². The summed E-state index contributed by atoms with van der Waals surface area (Å²) in [5, 5.41) is 8.98. The molecular formula is C23H21N3O2S. The van der Waals surface area contributed by atoms with Gasteiger partial charge in [-0.2, -0.15) is 9.57 Å². The minimum absolute atomic E-state index is 0.0263. The van der Waals surface area contributed by atoms with Crippen molar-refractivity contribution in [1.29, 1.82) is 5.26 Å². The van der Waals surface area contributed by atoms with E-state index in [2.05, 4.69) is 24.0 Å². The Kier molecular flexibility index (Phi) is 4.95. The van der Waals surface area contributed by atoms with E-state index in [0.29, 0.717) is 11.3 Å². The Hall–Kier alpha value is -3.01. The Morgan fingerprint density at radius 1 is 1.03 bits per heavy atom. The van der Waals surface area contributed by atoms with Crippen molar-refractivity contribution in [3.05, 3.63) is 83.4 Å². The van der Waals surface area contributed by atoms with E-state index in [4.69, 9.17) is 5.26 Å². The molecule has 4 rings (SSSR count). The van der Waals surface area contributed by atoms with Crippen LogP contribution in [0.15, 0.2) is 71.8 Å². The van der Waals surface area contributed by atoms with Crippen molar-refractivity contribution in [3.8, 4) is 17.3 Å². The van der Waals surface area contributed by atoms with Gasteiger partial charge in [0.05, 0.1) is 23.4 Å². The smallest absolute Gasteiger partial charge is 0.235 e. The summed E-state index contributed by atoms with van der Waals surface area (Å²) in [6.45, 7) is 2.08. The van der Waals surface area contributed by atoms with Crippen LogP contribution in [0.5, 0.6) is 0 Å². The lowest BCUT2D eigenvalue weighted by atomic mass is 10.0. The molecule has 3 aromatic rings. The fourth-order valence-electron chi connectivity index (χ4n) is 4.06. The molecule has 1 heterocycles. The van der Waals surface area contributed by atoms with Crippen LogP contribution < -0.4 is 0 Å². The van der Waals surface area contributed by atoms with Crippen LogP contribution in [0, 0.1) is 17.2 Å². The highest BCUT2D eigenvalue weighted by molar-refractivity contribution is 7.89. The number of benzene rings is 2. The number of sulfonamides is 1. The predicted molar refractivity (Wildman–Crippen MR) is 111 cm³/mol. The lowest BCUT2D eigenvalue weighted by Crippen LogP contribution is -2.33. The van der Waals surface area contributed by atoms with Crippen LogP contribution in [0.3, 0.4) is 0 Å². The zero-order valence-electron chi connectivity index (χ0n) is 16.3. The summed E-state index contributed by atoms with van der Waals surface area (Å²) in [6.07, 6.45) is 0.861. The van der Waals surface area contributed by atoms with E-state index in [1.807, 2.05) is 18.2 Å². The number of hydrogen-bond acceptors (Lipinski definition) is 4. The number of rotatable bonds is 4. The van der Waals surface area contributed by atoms with Crippen molar-refractivity contribution in [2.75, 3.05) is 7.05 Å². The Morgan fingerprint density at radius 3 is 2.48 bits per heavy atom. The van der Waals surface area contributed by atoms with E-state index in [1.165, 1.54) is 15.9 Å². The molecule has 5 nitrogen and oxygen atoms in total. The SMILES string of the molecule is C[C@H]1Cc2ccccc2[C@@H]1N(C)S(=O)(=O)c1cccc(-c2ccc(C#N)cc2)n1. The highest BCUT2D eigenvalue weighted by Gasteiger charge is 2.38. The molecular weight excluding hydrogens is 382 g/mol. The monoisotopic (exact) mass is 403 g/mol. The van der Waals surface area contributed by atoms with Crippen LogP contribution in [-0.4, -0.2) is 24.8 Å². The summed E-state index contributed by atoms with van der Waals surface area (Å²) in [7, 11) is -2.14. The van der Waals surface area contributed by atoms with E-state index >= 15 is 0 Å². The first kappa shape index (κ1) is 19.3. The third-order valence-corrected chi connectivity index (χ3v) is 7.26. The molecule has 1 aliphatic carbocycles. The van der Waals surface area contributed by atoms with E-state index in [9.17, 15) is 8.42 Å². The van der Waals surface area contributed by atoms with Gasteiger partial charge in [-0.25, -0.2) is 13.4 Å². The van der Waals surface area contributed by atoms with Gasteiger partial charge in [0.15, 0.2) is 5.03 Å². The summed E-state index contributed by atoms with van der Waals surface area (Å²) in [4.78, 5) is 4.43. The summed E-state index contributed by atoms with van der Waals surface area (Å²) in [5.41, 5.74) is 4.14. The summed E-state index contributed by atoms with van der Waals surface area (Å²) >= 11 is 0. The molecule has 0 bridgehead atoms. The van der Waals surface area contributed by atoms with Gasteiger partial charge in [0.2, 0.25) is 0 Å². The minimum atomic E-state index is -3.77. The maximum Gasteiger partial charge on any atom is 0.260 e. The maximum atomic E-state index is 13.4. The van der Waals surface area contributed by atoms with Gasteiger partial charge in [-0.15, -0.1) is 0 Å². The largest absolute Gasteiger partial charge is 0.260 e. The molecule has 1 aliphatic rings. The Balaban J connectivity index is 1.70. The van der Waals surface area contributed by atoms with E-state index < -0.39 is 10.0 Å². The molecule has 0 saturated carbocycles. The number of pyridine rings is 1. The minimum Gasteiger partial charge on any atom is -0.235 e. The van der Waals surface area contributed by atoms with Crippen molar-refractivity contribution in [3.63, 3.8) is 0 Å². The fourth-order valence-corrected chi connectivity index (χ4v) is 5.44. The quantitative estimate of drug-likeness (QED) is 0.655. The van der Waals surface area contributed by atoms with Crippen LogP contribution in [0.4, 0.5) is 0 Å². The molecule has 29 heavy (non-hydrogen) atoms. The molecule has 2 aromatic carbocycles. The number of nitrogens with zero attached hydrogens (tertiary/aromatic N) is 3. The highest BCUT2D eigenvalue weighted by atomic mass is 32.2. The first-order valence-electron chi connectivity index (χ1n) is 9.45. The van der Waals surface area contributed by atoms with Gasteiger partial charge < -0.3 is 0 Å². The van der Waals surface area contributed by atoms with Crippen molar-refractivity contribution in [1.82, 2.24) is 9.29 Å². The van der Waals surface area contributed by atoms with Gasteiger partial charge in [-0.05, 0) is 47.7 Å². The molecule has 146 valence electrons. The average Bonchev–Trinajstić information content (AvgIpc) is 3.08. The lowest BCUT2D eigenvalue weighted by Gasteiger charge is -2.28. The van der Waals surface area contributed by atoms with Gasteiger partial charge in [0.1, 0.15) is 0 Å². The third-order valence-electron chi connectivity index (χ3n) is 5.52. The van der Waals surface area contributed by atoms with Gasteiger partial charge in [0, 0.05) is 12.6 Å². The standard InChI is InChI=1S/C23H21N3O2S/c1-16-14-19-6-3-4-7-20(19)23(16)26(2)29(27,28)22-9-5-8-21(25-22)18-12-10-17(15-24)11-13-18/h3-13,16,23H,14H2,1-2H3/t16-,23+/m0/s1.